The van der Waals surface area contributed by atoms with Gasteiger partial charge in [-0.2, -0.15) is 0 Å². The first-order valence-electron chi connectivity index (χ1n) is 7.86. The highest BCUT2D eigenvalue weighted by Crippen LogP contribution is 2.21. The maximum absolute atomic E-state index is 5.55. The maximum Gasteiger partial charge on any atom is 0.0510 e. The summed E-state index contributed by atoms with van der Waals surface area (Å²) in [5.41, 5.74) is 0. The zero-order valence-electron chi connectivity index (χ0n) is 12.6. The molecule has 0 aromatic rings. The van der Waals surface area contributed by atoms with Gasteiger partial charge in [-0.25, -0.2) is 0 Å². The molecular weight excluding hydrogens is 240 g/mol. The van der Waals surface area contributed by atoms with Crippen molar-refractivity contribution in [2.75, 3.05) is 53.1 Å². The third kappa shape index (κ3) is 4.71. The van der Waals surface area contributed by atoms with E-state index in [1.807, 2.05) is 7.11 Å². The number of hydrogen-bond donors (Lipinski definition) is 1. The number of hydrogen-bond acceptors (Lipinski definition) is 4. The molecule has 0 saturated carbocycles. The molecular formula is C15H30N2O2. The van der Waals surface area contributed by atoms with Crippen LogP contribution in [0, 0.1) is 11.8 Å². The van der Waals surface area contributed by atoms with Crippen LogP contribution in [0.3, 0.4) is 0 Å². The molecule has 19 heavy (non-hydrogen) atoms. The molecule has 3 unspecified atom stereocenters. The molecule has 0 radical (unpaired) electrons. The molecule has 0 aromatic carbocycles. The first-order valence-corrected chi connectivity index (χ1v) is 7.86. The smallest absolute Gasteiger partial charge is 0.0510 e. The summed E-state index contributed by atoms with van der Waals surface area (Å²) in [4.78, 5) is 2.62. The number of piperidine rings is 1. The Morgan fingerprint density at radius 2 is 2.32 bits per heavy atom. The summed E-state index contributed by atoms with van der Waals surface area (Å²) < 4.78 is 10.9. The number of nitrogens with zero attached hydrogens (tertiary/aromatic N) is 1. The Morgan fingerprint density at radius 3 is 3.00 bits per heavy atom. The molecule has 2 aliphatic heterocycles. The summed E-state index contributed by atoms with van der Waals surface area (Å²) in [6.45, 7) is 9.66. The van der Waals surface area contributed by atoms with Gasteiger partial charge in [0.1, 0.15) is 0 Å². The van der Waals surface area contributed by atoms with Crippen LogP contribution in [0.15, 0.2) is 0 Å². The fourth-order valence-electron chi connectivity index (χ4n) is 3.48. The summed E-state index contributed by atoms with van der Waals surface area (Å²) in [5, 5.41) is 3.67. The van der Waals surface area contributed by atoms with Crippen molar-refractivity contribution in [3.05, 3.63) is 0 Å². The first-order chi connectivity index (χ1) is 9.33. The molecule has 4 heteroatoms. The summed E-state index contributed by atoms with van der Waals surface area (Å²) in [6.07, 6.45) is 3.85. The Kier molecular flexibility index (Phi) is 6.57. The first kappa shape index (κ1) is 15.2. The van der Waals surface area contributed by atoms with Crippen molar-refractivity contribution in [3.63, 3.8) is 0 Å². The molecule has 0 bridgehead atoms. The number of rotatable bonds is 7. The van der Waals surface area contributed by atoms with E-state index in [1.165, 1.54) is 38.9 Å². The van der Waals surface area contributed by atoms with Crippen LogP contribution in [-0.2, 0) is 9.47 Å². The molecule has 1 N–H and O–H groups in total. The second-order valence-electron chi connectivity index (χ2n) is 6.01. The van der Waals surface area contributed by atoms with E-state index in [9.17, 15) is 0 Å². The van der Waals surface area contributed by atoms with Crippen molar-refractivity contribution in [2.24, 2.45) is 11.8 Å². The summed E-state index contributed by atoms with van der Waals surface area (Å²) in [6, 6.07) is 0.591. The molecule has 0 aliphatic carbocycles. The Balaban J connectivity index is 1.81. The lowest BCUT2D eigenvalue weighted by Gasteiger charge is -2.36. The van der Waals surface area contributed by atoms with Gasteiger partial charge in [0.15, 0.2) is 0 Å². The molecule has 2 rings (SSSR count). The zero-order chi connectivity index (χ0) is 13.5. The minimum atomic E-state index is 0.591. The van der Waals surface area contributed by atoms with Crippen LogP contribution in [0.4, 0.5) is 0 Å². The van der Waals surface area contributed by atoms with Gasteiger partial charge in [-0.1, -0.05) is 6.92 Å². The van der Waals surface area contributed by atoms with E-state index >= 15 is 0 Å². The van der Waals surface area contributed by atoms with Gasteiger partial charge in [-0.05, 0) is 38.3 Å². The molecule has 2 saturated heterocycles. The van der Waals surface area contributed by atoms with Crippen molar-refractivity contribution in [2.45, 2.75) is 32.2 Å². The summed E-state index contributed by atoms with van der Waals surface area (Å²) >= 11 is 0. The molecule has 2 aliphatic rings. The SMILES string of the molecule is CCNC(CN1CCCC(COC)C1)C1CCOC1. The Labute approximate surface area is 117 Å². The van der Waals surface area contributed by atoms with Gasteiger partial charge in [0.25, 0.3) is 0 Å². The van der Waals surface area contributed by atoms with E-state index in [0.717, 1.165) is 32.3 Å². The monoisotopic (exact) mass is 270 g/mol. The predicted molar refractivity (Wildman–Crippen MR) is 77.4 cm³/mol. The predicted octanol–water partition coefficient (Wildman–Crippen LogP) is 1.36. The molecule has 2 fully saturated rings. The quantitative estimate of drug-likeness (QED) is 0.757. The molecule has 0 amide bonds. The fraction of sp³-hybridized carbons (Fsp3) is 1.00. The second-order valence-corrected chi connectivity index (χ2v) is 6.01. The highest BCUT2D eigenvalue weighted by atomic mass is 16.5. The average Bonchev–Trinajstić information content (AvgIpc) is 2.93. The number of ether oxygens (including phenoxy) is 2. The lowest BCUT2D eigenvalue weighted by Crippen LogP contribution is -2.49. The van der Waals surface area contributed by atoms with E-state index < -0.39 is 0 Å². The number of likely N-dealkylation sites (N-methyl/N-ethyl adjacent to an activating group) is 1. The maximum atomic E-state index is 5.55. The van der Waals surface area contributed by atoms with Gasteiger partial charge in [-0.15, -0.1) is 0 Å². The van der Waals surface area contributed by atoms with Crippen molar-refractivity contribution >= 4 is 0 Å². The fourth-order valence-corrected chi connectivity index (χ4v) is 3.48. The highest BCUT2D eigenvalue weighted by Gasteiger charge is 2.28. The third-order valence-electron chi connectivity index (χ3n) is 4.46. The van der Waals surface area contributed by atoms with Crippen LogP contribution < -0.4 is 5.32 Å². The summed E-state index contributed by atoms with van der Waals surface area (Å²) in [5.74, 6) is 1.42. The number of nitrogens with one attached hydrogen (secondary N) is 1. The van der Waals surface area contributed by atoms with Gasteiger partial charge >= 0.3 is 0 Å². The van der Waals surface area contributed by atoms with Gasteiger partial charge in [0.2, 0.25) is 0 Å². The molecule has 2 heterocycles. The zero-order valence-corrected chi connectivity index (χ0v) is 12.6. The normalized spacial score (nSPS) is 30.6. The van der Waals surface area contributed by atoms with Crippen molar-refractivity contribution in [1.82, 2.24) is 10.2 Å². The topological polar surface area (TPSA) is 33.7 Å². The second kappa shape index (κ2) is 8.20. The van der Waals surface area contributed by atoms with E-state index in [4.69, 9.17) is 9.47 Å². The molecule has 4 nitrogen and oxygen atoms in total. The van der Waals surface area contributed by atoms with E-state index in [-0.39, 0.29) is 0 Å². The molecule has 0 aromatic heterocycles. The number of likely N-dealkylation sites (tertiary alicyclic amines) is 1. The van der Waals surface area contributed by atoms with Crippen LogP contribution in [0.1, 0.15) is 26.2 Å². The van der Waals surface area contributed by atoms with Crippen LogP contribution in [-0.4, -0.2) is 64.1 Å². The van der Waals surface area contributed by atoms with Gasteiger partial charge in [-0.3, -0.25) is 0 Å². The highest BCUT2D eigenvalue weighted by molar-refractivity contribution is 4.84. The minimum Gasteiger partial charge on any atom is -0.384 e. The largest absolute Gasteiger partial charge is 0.384 e. The Bertz CT molecular complexity index is 242. The standard InChI is InChI=1S/C15H30N2O2/c1-3-16-15(14-6-8-19-12-14)10-17-7-4-5-13(9-17)11-18-2/h13-16H,3-12H2,1-2H3. The Morgan fingerprint density at radius 1 is 1.42 bits per heavy atom. The van der Waals surface area contributed by atoms with Crippen molar-refractivity contribution < 1.29 is 9.47 Å². The number of methoxy groups -OCH3 is 1. The molecule has 0 spiro atoms. The van der Waals surface area contributed by atoms with Crippen molar-refractivity contribution in [3.8, 4) is 0 Å². The van der Waals surface area contributed by atoms with E-state index in [1.54, 1.807) is 0 Å². The van der Waals surface area contributed by atoms with Crippen LogP contribution in [0.2, 0.25) is 0 Å². The lowest BCUT2D eigenvalue weighted by atomic mass is 9.95. The van der Waals surface area contributed by atoms with Crippen LogP contribution in [0.25, 0.3) is 0 Å². The van der Waals surface area contributed by atoms with Crippen LogP contribution >= 0.6 is 0 Å². The van der Waals surface area contributed by atoms with Gasteiger partial charge in [0.05, 0.1) is 13.2 Å². The molecule has 112 valence electrons. The average molecular weight is 270 g/mol. The lowest BCUT2D eigenvalue weighted by molar-refractivity contribution is 0.0796. The third-order valence-corrected chi connectivity index (χ3v) is 4.46. The van der Waals surface area contributed by atoms with Crippen LogP contribution in [0.5, 0.6) is 0 Å². The van der Waals surface area contributed by atoms with E-state index in [2.05, 4.69) is 17.1 Å². The molecule has 3 atom stereocenters. The minimum absolute atomic E-state index is 0.591. The van der Waals surface area contributed by atoms with Crippen molar-refractivity contribution in [1.29, 1.82) is 0 Å². The van der Waals surface area contributed by atoms with E-state index in [0.29, 0.717) is 12.0 Å². The van der Waals surface area contributed by atoms with Gasteiger partial charge in [0, 0.05) is 38.8 Å². The van der Waals surface area contributed by atoms with Gasteiger partial charge < -0.3 is 19.7 Å². The summed E-state index contributed by atoms with van der Waals surface area (Å²) in [7, 11) is 1.82. The Hall–Kier alpha value is -0.160.